The molecule has 28 heavy (non-hydrogen) atoms. The lowest BCUT2D eigenvalue weighted by atomic mass is 10.2. The molecule has 6 nitrogen and oxygen atoms in total. The quantitative estimate of drug-likeness (QED) is 0.532. The van der Waals surface area contributed by atoms with Gasteiger partial charge in [0.1, 0.15) is 17.4 Å². The molecule has 1 N–H and O–H groups in total. The van der Waals surface area contributed by atoms with Gasteiger partial charge in [-0.05, 0) is 30.3 Å². The molecule has 0 aliphatic heterocycles. The lowest BCUT2D eigenvalue weighted by Crippen LogP contribution is -2.02. The van der Waals surface area contributed by atoms with E-state index < -0.39 is 0 Å². The van der Waals surface area contributed by atoms with Crippen LogP contribution in [0.4, 0.5) is 10.2 Å². The van der Waals surface area contributed by atoms with Gasteiger partial charge in [0.05, 0.1) is 12.7 Å². The Morgan fingerprint density at radius 3 is 2.71 bits per heavy atom. The van der Waals surface area contributed by atoms with Crippen molar-refractivity contribution < 1.29 is 13.7 Å². The summed E-state index contributed by atoms with van der Waals surface area (Å²) in [6, 6.07) is 17.5. The fourth-order valence-electron chi connectivity index (χ4n) is 2.75. The Morgan fingerprint density at radius 1 is 1.04 bits per heavy atom. The van der Waals surface area contributed by atoms with Gasteiger partial charge in [-0.3, -0.25) is 0 Å². The maximum Gasteiger partial charge on any atom is 0.259 e. The number of anilines is 1. The molecular weight excluding hydrogens is 359 g/mol. The summed E-state index contributed by atoms with van der Waals surface area (Å²) in [5.74, 6) is 1.83. The van der Waals surface area contributed by atoms with Crippen LogP contribution >= 0.6 is 0 Å². The van der Waals surface area contributed by atoms with Gasteiger partial charge in [0.25, 0.3) is 5.89 Å². The molecule has 0 atom stereocenters. The molecule has 0 amide bonds. The molecule has 0 saturated heterocycles. The van der Waals surface area contributed by atoms with E-state index in [1.807, 2.05) is 36.4 Å². The van der Waals surface area contributed by atoms with E-state index in [0.717, 1.165) is 11.3 Å². The van der Waals surface area contributed by atoms with E-state index in [4.69, 9.17) is 9.26 Å². The highest BCUT2D eigenvalue weighted by Gasteiger charge is 2.11. The Morgan fingerprint density at radius 2 is 1.93 bits per heavy atom. The standard InChI is InChI=1S/C21H17FN4O2/c1-27-18-8-3-2-5-15(18)12-23-19-10-9-16(13-24-19)21-25-20(26-28-21)14-6-4-7-17(22)11-14/h2-11,13H,12H2,1H3,(H,23,24). The molecule has 140 valence electrons. The van der Waals surface area contributed by atoms with Gasteiger partial charge in [-0.25, -0.2) is 9.37 Å². The number of hydrogen-bond donors (Lipinski definition) is 1. The summed E-state index contributed by atoms with van der Waals surface area (Å²) < 4.78 is 24.0. The Labute approximate surface area is 161 Å². The van der Waals surface area contributed by atoms with Crippen molar-refractivity contribution in [3.05, 3.63) is 78.2 Å². The summed E-state index contributed by atoms with van der Waals surface area (Å²) in [6.07, 6.45) is 1.65. The topological polar surface area (TPSA) is 73.1 Å². The third kappa shape index (κ3) is 3.83. The number of rotatable bonds is 6. The van der Waals surface area contributed by atoms with Gasteiger partial charge >= 0.3 is 0 Å². The number of benzene rings is 2. The Balaban J connectivity index is 1.46. The normalized spacial score (nSPS) is 10.6. The lowest BCUT2D eigenvalue weighted by molar-refractivity contribution is 0.410. The molecule has 0 radical (unpaired) electrons. The third-order valence-electron chi connectivity index (χ3n) is 4.17. The van der Waals surface area contributed by atoms with Crippen LogP contribution in [0.25, 0.3) is 22.8 Å². The third-order valence-corrected chi connectivity index (χ3v) is 4.17. The molecule has 0 spiro atoms. The molecule has 0 unspecified atom stereocenters. The number of nitrogens with one attached hydrogen (secondary N) is 1. The van der Waals surface area contributed by atoms with E-state index in [1.54, 1.807) is 25.4 Å². The van der Waals surface area contributed by atoms with Gasteiger partial charge in [-0.15, -0.1) is 0 Å². The van der Waals surface area contributed by atoms with E-state index >= 15 is 0 Å². The first-order chi connectivity index (χ1) is 13.7. The summed E-state index contributed by atoms with van der Waals surface area (Å²) in [5, 5.41) is 7.16. The molecule has 2 aromatic carbocycles. The van der Waals surface area contributed by atoms with Crippen molar-refractivity contribution in [3.8, 4) is 28.6 Å². The van der Waals surface area contributed by atoms with Crippen LogP contribution in [0.15, 0.2) is 71.4 Å². The maximum atomic E-state index is 13.4. The molecule has 2 heterocycles. The Bertz CT molecular complexity index is 1080. The van der Waals surface area contributed by atoms with Gasteiger partial charge in [0.15, 0.2) is 0 Å². The molecule has 0 bridgehead atoms. The average Bonchev–Trinajstić information content (AvgIpc) is 3.23. The smallest absolute Gasteiger partial charge is 0.259 e. The first-order valence-electron chi connectivity index (χ1n) is 8.65. The van der Waals surface area contributed by atoms with Crippen molar-refractivity contribution in [2.75, 3.05) is 12.4 Å². The van der Waals surface area contributed by atoms with Gasteiger partial charge in [0, 0.05) is 23.9 Å². The van der Waals surface area contributed by atoms with Crippen LogP contribution in [-0.2, 0) is 6.54 Å². The summed E-state index contributed by atoms with van der Waals surface area (Å²) in [4.78, 5) is 8.70. The van der Waals surface area contributed by atoms with E-state index in [0.29, 0.717) is 35.2 Å². The number of methoxy groups -OCH3 is 1. The monoisotopic (exact) mass is 376 g/mol. The molecular formula is C21H17FN4O2. The number of para-hydroxylation sites is 1. The highest BCUT2D eigenvalue weighted by atomic mass is 19.1. The molecule has 0 saturated carbocycles. The summed E-state index contributed by atoms with van der Waals surface area (Å²) in [5.41, 5.74) is 2.27. The van der Waals surface area contributed by atoms with Crippen LogP contribution in [0.3, 0.4) is 0 Å². The molecule has 7 heteroatoms. The Hall–Kier alpha value is -3.74. The van der Waals surface area contributed by atoms with Crippen molar-refractivity contribution in [2.24, 2.45) is 0 Å². The van der Waals surface area contributed by atoms with E-state index in [-0.39, 0.29) is 5.82 Å². The molecule has 2 aromatic heterocycles. The SMILES string of the molecule is COc1ccccc1CNc1ccc(-c2nc(-c3cccc(F)c3)no2)cn1. The van der Waals surface area contributed by atoms with Gasteiger partial charge in [-0.1, -0.05) is 35.5 Å². The minimum atomic E-state index is -0.351. The predicted octanol–water partition coefficient (Wildman–Crippen LogP) is 4.56. The van der Waals surface area contributed by atoms with E-state index in [1.165, 1.54) is 12.1 Å². The second kappa shape index (κ2) is 7.87. The van der Waals surface area contributed by atoms with Crippen LogP contribution in [-0.4, -0.2) is 22.2 Å². The molecule has 4 rings (SSSR count). The van der Waals surface area contributed by atoms with Crippen LogP contribution in [0.2, 0.25) is 0 Å². The fraction of sp³-hybridized carbons (Fsp3) is 0.0952. The summed E-state index contributed by atoms with van der Waals surface area (Å²) in [7, 11) is 1.65. The predicted molar refractivity (Wildman–Crippen MR) is 103 cm³/mol. The number of hydrogen-bond acceptors (Lipinski definition) is 6. The van der Waals surface area contributed by atoms with Crippen LogP contribution in [0.1, 0.15) is 5.56 Å². The minimum absolute atomic E-state index is 0.322. The maximum absolute atomic E-state index is 13.4. The number of halogens is 1. The van der Waals surface area contributed by atoms with E-state index in [9.17, 15) is 4.39 Å². The number of pyridine rings is 1. The summed E-state index contributed by atoms with van der Waals surface area (Å²) in [6.45, 7) is 0.584. The Kier molecular flexibility index (Phi) is 4.97. The van der Waals surface area contributed by atoms with Crippen molar-refractivity contribution in [3.63, 3.8) is 0 Å². The van der Waals surface area contributed by atoms with Gasteiger partial charge in [0.2, 0.25) is 5.82 Å². The molecule has 0 aliphatic carbocycles. The van der Waals surface area contributed by atoms with Crippen molar-refractivity contribution in [1.82, 2.24) is 15.1 Å². The second-order valence-corrected chi connectivity index (χ2v) is 6.03. The van der Waals surface area contributed by atoms with Crippen LogP contribution in [0, 0.1) is 5.82 Å². The largest absolute Gasteiger partial charge is 0.496 e. The number of aromatic nitrogens is 3. The first kappa shape index (κ1) is 17.7. The van der Waals surface area contributed by atoms with Gasteiger partial charge in [-0.2, -0.15) is 4.98 Å². The molecule has 0 fully saturated rings. The average molecular weight is 376 g/mol. The first-order valence-corrected chi connectivity index (χ1v) is 8.65. The fourth-order valence-corrected chi connectivity index (χ4v) is 2.75. The number of ether oxygens (including phenoxy) is 1. The second-order valence-electron chi connectivity index (χ2n) is 6.03. The zero-order valence-corrected chi connectivity index (χ0v) is 15.1. The lowest BCUT2D eigenvalue weighted by Gasteiger charge is -2.09. The van der Waals surface area contributed by atoms with Crippen molar-refractivity contribution in [2.45, 2.75) is 6.54 Å². The molecule has 4 aromatic rings. The van der Waals surface area contributed by atoms with E-state index in [2.05, 4.69) is 20.4 Å². The molecule has 0 aliphatic rings. The highest BCUT2D eigenvalue weighted by Crippen LogP contribution is 2.23. The number of nitrogens with zero attached hydrogens (tertiary/aromatic N) is 3. The van der Waals surface area contributed by atoms with Crippen molar-refractivity contribution in [1.29, 1.82) is 0 Å². The minimum Gasteiger partial charge on any atom is -0.496 e. The highest BCUT2D eigenvalue weighted by molar-refractivity contribution is 5.60. The summed E-state index contributed by atoms with van der Waals surface area (Å²) >= 11 is 0. The van der Waals surface area contributed by atoms with Crippen molar-refractivity contribution >= 4 is 5.82 Å². The zero-order chi connectivity index (χ0) is 19.3. The zero-order valence-electron chi connectivity index (χ0n) is 15.1. The van der Waals surface area contributed by atoms with Crippen LogP contribution < -0.4 is 10.1 Å². The van der Waals surface area contributed by atoms with Gasteiger partial charge < -0.3 is 14.6 Å². The van der Waals surface area contributed by atoms with Crippen LogP contribution in [0.5, 0.6) is 5.75 Å².